The highest BCUT2D eigenvalue weighted by molar-refractivity contribution is 9.10. The van der Waals surface area contributed by atoms with Gasteiger partial charge in [-0.25, -0.2) is 9.18 Å². The molecule has 0 aliphatic rings. The van der Waals surface area contributed by atoms with Crippen molar-refractivity contribution in [3.8, 4) is 5.75 Å². The van der Waals surface area contributed by atoms with Crippen molar-refractivity contribution in [2.75, 3.05) is 7.11 Å². The van der Waals surface area contributed by atoms with Crippen molar-refractivity contribution in [2.45, 2.75) is 13.0 Å². The number of rotatable bonds is 4. The van der Waals surface area contributed by atoms with Crippen molar-refractivity contribution in [1.29, 1.82) is 0 Å². The number of benzene rings is 1. The number of hydrogen-bond donors (Lipinski definition) is 0. The third kappa shape index (κ3) is 3.57. The van der Waals surface area contributed by atoms with Crippen LogP contribution >= 0.6 is 27.5 Å². The predicted molar refractivity (Wildman–Crippen MR) is 78.2 cm³/mol. The zero-order valence-corrected chi connectivity index (χ0v) is 13.5. The van der Waals surface area contributed by atoms with Gasteiger partial charge in [-0.1, -0.05) is 11.6 Å². The molecule has 0 aliphatic carbocycles. The van der Waals surface area contributed by atoms with Gasteiger partial charge in [-0.15, -0.1) is 0 Å². The number of esters is 1. The number of furan rings is 1. The Morgan fingerprint density at radius 2 is 2.14 bits per heavy atom. The summed E-state index contributed by atoms with van der Waals surface area (Å²) in [7, 11) is 1.26. The second kappa shape index (κ2) is 6.49. The van der Waals surface area contributed by atoms with Crippen LogP contribution in [0.25, 0.3) is 0 Å². The lowest BCUT2D eigenvalue weighted by Gasteiger charge is -2.14. The third-order valence-electron chi connectivity index (χ3n) is 2.69. The lowest BCUT2D eigenvalue weighted by Crippen LogP contribution is -2.03. The molecule has 4 nitrogen and oxygen atoms in total. The van der Waals surface area contributed by atoms with Crippen LogP contribution in [-0.4, -0.2) is 13.1 Å². The first-order valence-electron chi connectivity index (χ1n) is 5.91. The fourth-order valence-corrected chi connectivity index (χ4v) is 2.36. The molecular weight excluding hydrogens is 367 g/mol. The van der Waals surface area contributed by atoms with Gasteiger partial charge in [0.15, 0.2) is 6.10 Å². The quantitative estimate of drug-likeness (QED) is 0.569. The van der Waals surface area contributed by atoms with Gasteiger partial charge in [0.05, 0.1) is 16.6 Å². The van der Waals surface area contributed by atoms with E-state index in [1.165, 1.54) is 25.3 Å². The lowest BCUT2D eigenvalue weighted by molar-refractivity contribution is 0.0558. The molecule has 0 saturated carbocycles. The minimum absolute atomic E-state index is 0.00662. The van der Waals surface area contributed by atoms with E-state index in [1.54, 1.807) is 13.0 Å². The van der Waals surface area contributed by atoms with E-state index in [1.807, 2.05) is 0 Å². The topological polar surface area (TPSA) is 48.7 Å². The molecule has 0 bridgehead atoms. The van der Waals surface area contributed by atoms with Crippen molar-refractivity contribution in [3.63, 3.8) is 0 Å². The number of carbonyl (C=O) groups excluding carboxylic acids is 1. The SMILES string of the molecule is COC(=O)c1ccc(C(C)Oc2cc(F)c(Cl)cc2Br)o1. The summed E-state index contributed by atoms with van der Waals surface area (Å²) in [5.41, 5.74) is 0. The van der Waals surface area contributed by atoms with Crippen LogP contribution in [0.4, 0.5) is 4.39 Å². The summed E-state index contributed by atoms with van der Waals surface area (Å²) in [6.07, 6.45) is -0.528. The number of halogens is 3. The van der Waals surface area contributed by atoms with E-state index >= 15 is 0 Å². The second-order valence-corrected chi connectivity index (χ2v) is 5.41. The smallest absolute Gasteiger partial charge is 0.373 e. The normalized spacial score (nSPS) is 12.0. The second-order valence-electron chi connectivity index (χ2n) is 4.15. The maximum atomic E-state index is 13.5. The van der Waals surface area contributed by atoms with Gasteiger partial charge in [0.1, 0.15) is 17.3 Å². The van der Waals surface area contributed by atoms with E-state index in [0.29, 0.717) is 10.2 Å². The lowest BCUT2D eigenvalue weighted by atomic mass is 10.3. The Kier molecular flexibility index (Phi) is 4.90. The molecule has 0 spiro atoms. The van der Waals surface area contributed by atoms with Crippen LogP contribution in [-0.2, 0) is 4.74 Å². The predicted octanol–water partition coefficient (Wildman–Crippen LogP) is 4.76. The molecule has 0 aliphatic heterocycles. The first kappa shape index (κ1) is 15.9. The summed E-state index contributed by atoms with van der Waals surface area (Å²) in [6.45, 7) is 1.71. The van der Waals surface area contributed by atoms with Gasteiger partial charge in [0, 0.05) is 6.07 Å². The van der Waals surface area contributed by atoms with Gasteiger partial charge in [-0.2, -0.15) is 0 Å². The molecule has 0 radical (unpaired) electrons. The first-order chi connectivity index (χ1) is 9.92. The molecule has 2 rings (SSSR count). The zero-order valence-electron chi connectivity index (χ0n) is 11.2. The van der Waals surface area contributed by atoms with Gasteiger partial charge >= 0.3 is 5.97 Å². The molecule has 112 valence electrons. The standard InChI is InChI=1S/C14H11BrClFO4/c1-7(11-3-4-12(21-11)14(18)19-2)20-13-6-10(17)9(16)5-8(13)15/h3-7H,1-2H3. The molecule has 1 unspecified atom stereocenters. The molecule has 1 aromatic heterocycles. The Hall–Kier alpha value is -1.53. The van der Waals surface area contributed by atoms with E-state index in [9.17, 15) is 9.18 Å². The highest BCUT2D eigenvalue weighted by atomic mass is 79.9. The summed E-state index contributed by atoms with van der Waals surface area (Å²) < 4.78 is 29.4. The van der Waals surface area contributed by atoms with E-state index < -0.39 is 17.9 Å². The Morgan fingerprint density at radius 3 is 2.81 bits per heavy atom. The van der Waals surface area contributed by atoms with Crippen LogP contribution in [0, 0.1) is 5.82 Å². The average molecular weight is 378 g/mol. The molecule has 1 heterocycles. The first-order valence-corrected chi connectivity index (χ1v) is 7.08. The fourth-order valence-electron chi connectivity index (χ4n) is 1.62. The monoisotopic (exact) mass is 376 g/mol. The van der Waals surface area contributed by atoms with E-state index in [0.717, 1.165) is 0 Å². The van der Waals surface area contributed by atoms with Gasteiger partial charge < -0.3 is 13.9 Å². The largest absolute Gasteiger partial charge is 0.481 e. The van der Waals surface area contributed by atoms with Crippen molar-refractivity contribution in [3.05, 3.63) is 51.1 Å². The molecule has 0 fully saturated rings. The molecule has 0 saturated heterocycles. The van der Waals surface area contributed by atoms with Gasteiger partial charge in [-0.05, 0) is 41.1 Å². The number of carbonyl (C=O) groups is 1. The minimum Gasteiger partial charge on any atom is -0.481 e. The highest BCUT2D eigenvalue weighted by Gasteiger charge is 2.18. The van der Waals surface area contributed by atoms with E-state index in [-0.39, 0.29) is 16.5 Å². The van der Waals surface area contributed by atoms with E-state index in [4.69, 9.17) is 20.8 Å². The molecule has 1 atom stereocenters. The molecule has 0 amide bonds. The summed E-state index contributed by atoms with van der Waals surface area (Å²) in [5, 5.41) is -0.00662. The van der Waals surface area contributed by atoms with Crippen LogP contribution in [0.3, 0.4) is 0 Å². The van der Waals surface area contributed by atoms with Crippen molar-refractivity contribution in [2.24, 2.45) is 0 Å². The maximum absolute atomic E-state index is 13.5. The number of hydrogen-bond acceptors (Lipinski definition) is 4. The molecule has 7 heteroatoms. The maximum Gasteiger partial charge on any atom is 0.373 e. The number of ether oxygens (including phenoxy) is 2. The third-order valence-corrected chi connectivity index (χ3v) is 3.60. The Labute approximate surface area is 133 Å². The Morgan fingerprint density at radius 1 is 1.43 bits per heavy atom. The Bertz CT molecular complexity index is 671. The summed E-state index contributed by atoms with van der Waals surface area (Å²) >= 11 is 8.90. The fraction of sp³-hybridized carbons (Fsp3) is 0.214. The van der Waals surface area contributed by atoms with Crippen molar-refractivity contribution >= 4 is 33.5 Å². The molecular formula is C14H11BrClFO4. The Balaban J connectivity index is 2.18. The molecule has 2 aromatic rings. The summed E-state index contributed by atoms with van der Waals surface area (Å²) in [4.78, 5) is 11.3. The van der Waals surface area contributed by atoms with Crippen LogP contribution in [0.5, 0.6) is 5.75 Å². The van der Waals surface area contributed by atoms with Crippen LogP contribution in [0.2, 0.25) is 5.02 Å². The van der Waals surface area contributed by atoms with E-state index in [2.05, 4.69) is 20.7 Å². The molecule has 1 aromatic carbocycles. The molecule has 21 heavy (non-hydrogen) atoms. The van der Waals surface area contributed by atoms with Crippen LogP contribution in [0.1, 0.15) is 29.3 Å². The van der Waals surface area contributed by atoms with Crippen LogP contribution in [0.15, 0.2) is 33.2 Å². The number of methoxy groups -OCH3 is 1. The van der Waals surface area contributed by atoms with Crippen molar-refractivity contribution < 1.29 is 23.1 Å². The van der Waals surface area contributed by atoms with Crippen LogP contribution < -0.4 is 4.74 Å². The molecule has 0 N–H and O–H groups in total. The summed E-state index contributed by atoms with van der Waals surface area (Å²) in [6, 6.07) is 5.66. The van der Waals surface area contributed by atoms with Gasteiger partial charge in [-0.3, -0.25) is 0 Å². The van der Waals surface area contributed by atoms with Gasteiger partial charge in [0.2, 0.25) is 5.76 Å². The van der Waals surface area contributed by atoms with Gasteiger partial charge in [0.25, 0.3) is 0 Å². The zero-order chi connectivity index (χ0) is 15.6. The minimum atomic E-state index is -0.586. The average Bonchev–Trinajstić information content (AvgIpc) is 2.93. The summed E-state index contributed by atoms with van der Waals surface area (Å²) in [5.74, 6) is -0.397. The highest BCUT2D eigenvalue weighted by Crippen LogP contribution is 2.33. The van der Waals surface area contributed by atoms with Crippen molar-refractivity contribution in [1.82, 2.24) is 0 Å².